The van der Waals surface area contributed by atoms with Gasteiger partial charge in [-0.3, -0.25) is 4.68 Å². The lowest BCUT2D eigenvalue weighted by molar-refractivity contribution is 0.367. The van der Waals surface area contributed by atoms with Crippen molar-refractivity contribution in [1.29, 1.82) is 0 Å². The van der Waals surface area contributed by atoms with Gasteiger partial charge in [0.1, 0.15) is 0 Å². The number of benzene rings is 1. The Kier molecular flexibility index (Phi) is 5.40. The Balaban J connectivity index is 1.70. The highest BCUT2D eigenvalue weighted by Gasteiger charge is 2.26. The van der Waals surface area contributed by atoms with Crippen molar-refractivity contribution in [3.8, 4) is 0 Å². The summed E-state index contributed by atoms with van der Waals surface area (Å²) in [6.45, 7) is -0.615. The summed E-state index contributed by atoms with van der Waals surface area (Å²) in [5, 5.41) is 10.3. The van der Waals surface area contributed by atoms with E-state index in [2.05, 4.69) is 15.7 Å². The van der Waals surface area contributed by atoms with E-state index in [0.717, 1.165) is 30.4 Å². The third-order valence-electron chi connectivity index (χ3n) is 4.19. The third kappa shape index (κ3) is 3.79. The molecule has 0 atom stereocenters. The molecule has 1 aromatic heterocycles. The van der Waals surface area contributed by atoms with Crippen LogP contribution in [0.25, 0.3) is 0 Å². The maximum Gasteiger partial charge on any atom is 0.200 e. The summed E-state index contributed by atoms with van der Waals surface area (Å²) >= 11 is 5.17. The summed E-state index contributed by atoms with van der Waals surface area (Å²) in [7, 11) is 0. The molecule has 0 saturated heterocycles. The molecule has 0 radical (unpaired) electrons. The minimum Gasteiger partial charge on any atom is -0.360 e. The normalized spacial score (nSPS) is 14.7. The first-order chi connectivity index (χ1) is 12.4. The molecule has 0 unspecified atom stereocenters. The zero-order valence-electron chi connectivity index (χ0n) is 13.5. The molecule has 26 heavy (non-hydrogen) atoms. The smallest absolute Gasteiger partial charge is 0.200 e. The third-order valence-corrected chi connectivity index (χ3v) is 4.41. The highest BCUT2D eigenvalue weighted by Crippen LogP contribution is 2.24. The van der Waals surface area contributed by atoms with Gasteiger partial charge in [0.05, 0.1) is 12.1 Å². The Hall–Kier alpha value is -2.23. The molecule has 2 N–H and O–H groups in total. The van der Waals surface area contributed by atoms with Crippen LogP contribution in [0.2, 0.25) is 0 Å². The van der Waals surface area contributed by atoms with E-state index in [1.54, 1.807) is 0 Å². The molecule has 3 rings (SSSR count). The van der Waals surface area contributed by atoms with Crippen LogP contribution in [0.5, 0.6) is 0 Å². The fourth-order valence-electron chi connectivity index (χ4n) is 2.88. The summed E-state index contributed by atoms with van der Waals surface area (Å²) in [5.74, 6) is -9.59. The van der Waals surface area contributed by atoms with Crippen LogP contribution in [0.15, 0.2) is 12.3 Å². The van der Waals surface area contributed by atoms with Gasteiger partial charge >= 0.3 is 0 Å². The van der Waals surface area contributed by atoms with Crippen molar-refractivity contribution < 1.29 is 22.0 Å². The van der Waals surface area contributed by atoms with E-state index in [9.17, 15) is 22.0 Å². The van der Waals surface area contributed by atoms with Gasteiger partial charge in [-0.25, -0.2) is 22.0 Å². The van der Waals surface area contributed by atoms with Gasteiger partial charge in [0.2, 0.25) is 5.82 Å². The quantitative estimate of drug-likeness (QED) is 0.360. The number of anilines is 1. The molecule has 0 amide bonds. The molecule has 10 heteroatoms. The van der Waals surface area contributed by atoms with Crippen LogP contribution in [0.3, 0.4) is 0 Å². The van der Waals surface area contributed by atoms with Crippen molar-refractivity contribution >= 4 is 23.1 Å². The SMILES string of the molecule is Fc1c(F)c(F)c(Cn2ccc(NC(=S)NC3CCCC3)n2)c(F)c1F. The topological polar surface area (TPSA) is 41.9 Å². The molecule has 1 heterocycles. The van der Waals surface area contributed by atoms with Gasteiger partial charge in [-0.05, 0) is 25.1 Å². The van der Waals surface area contributed by atoms with Crippen molar-refractivity contribution in [3.05, 3.63) is 46.9 Å². The highest BCUT2D eigenvalue weighted by molar-refractivity contribution is 7.80. The Bertz CT molecular complexity index is 803. The van der Waals surface area contributed by atoms with Crippen LogP contribution in [0.4, 0.5) is 27.8 Å². The second-order valence-corrected chi connectivity index (χ2v) is 6.44. The van der Waals surface area contributed by atoms with Gasteiger partial charge in [0.15, 0.2) is 34.2 Å². The van der Waals surface area contributed by atoms with E-state index < -0.39 is 41.2 Å². The zero-order chi connectivity index (χ0) is 18.8. The molecule has 4 nitrogen and oxygen atoms in total. The van der Waals surface area contributed by atoms with Gasteiger partial charge in [0.25, 0.3) is 0 Å². The number of rotatable bonds is 4. The van der Waals surface area contributed by atoms with Crippen LogP contribution >= 0.6 is 12.2 Å². The molecule has 140 valence electrons. The summed E-state index contributed by atoms with van der Waals surface area (Å²) in [5.41, 5.74) is -0.956. The number of thiocarbonyl (C=S) groups is 1. The van der Waals surface area contributed by atoms with Gasteiger partial charge in [-0.1, -0.05) is 12.8 Å². The molecule has 1 aromatic carbocycles. The standard InChI is InChI=1S/C16H15F5N4S/c17-11-9(12(18)14(20)15(21)13(11)19)7-25-6-5-10(24-25)23-16(26)22-8-3-1-2-4-8/h5-6,8H,1-4,7H2,(H2,22,23,24,26). The second kappa shape index (κ2) is 7.56. The van der Waals surface area contributed by atoms with Crippen molar-refractivity contribution in [2.24, 2.45) is 0 Å². The first kappa shape index (κ1) is 18.6. The van der Waals surface area contributed by atoms with E-state index in [1.807, 2.05) is 0 Å². The average molecular weight is 390 g/mol. The number of hydrogen-bond acceptors (Lipinski definition) is 2. The predicted molar refractivity (Wildman–Crippen MR) is 89.2 cm³/mol. The van der Waals surface area contributed by atoms with Crippen LogP contribution < -0.4 is 10.6 Å². The fourth-order valence-corrected chi connectivity index (χ4v) is 3.15. The predicted octanol–water partition coefficient (Wildman–Crippen LogP) is 3.86. The fraction of sp³-hybridized carbons (Fsp3) is 0.375. The second-order valence-electron chi connectivity index (χ2n) is 6.03. The Morgan fingerprint density at radius 2 is 1.62 bits per heavy atom. The molecular formula is C16H15F5N4S. The molecule has 0 spiro atoms. The van der Waals surface area contributed by atoms with Gasteiger partial charge in [-0.15, -0.1) is 0 Å². The molecule has 1 aliphatic carbocycles. The van der Waals surface area contributed by atoms with E-state index in [1.165, 1.54) is 12.3 Å². The van der Waals surface area contributed by atoms with Gasteiger partial charge in [-0.2, -0.15) is 5.10 Å². The highest BCUT2D eigenvalue weighted by atomic mass is 32.1. The van der Waals surface area contributed by atoms with Gasteiger partial charge < -0.3 is 10.6 Å². The minimum absolute atomic E-state index is 0.296. The molecule has 2 aromatic rings. The maximum absolute atomic E-state index is 13.7. The first-order valence-corrected chi connectivity index (χ1v) is 8.39. The molecule has 1 saturated carbocycles. The Morgan fingerprint density at radius 1 is 1.04 bits per heavy atom. The van der Waals surface area contributed by atoms with Crippen molar-refractivity contribution in [2.75, 3.05) is 5.32 Å². The average Bonchev–Trinajstić information content (AvgIpc) is 3.27. The van der Waals surface area contributed by atoms with Crippen molar-refractivity contribution in [2.45, 2.75) is 38.3 Å². The van der Waals surface area contributed by atoms with Crippen LogP contribution in [0.1, 0.15) is 31.2 Å². The lowest BCUT2D eigenvalue weighted by Crippen LogP contribution is -2.36. The van der Waals surface area contributed by atoms with Crippen molar-refractivity contribution in [1.82, 2.24) is 15.1 Å². The Morgan fingerprint density at radius 3 is 2.23 bits per heavy atom. The molecular weight excluding hydrogens is 375 g/mol. The van der Waals surface area contributed by atoms with Crippen LogP contribution in [-0.2, 0) is 6.54 Å². The molecule has 0 aliphatic heterocycles. The van der Waals surface area contributed by atoms with Gasteiger partial charge in [0, 0.05) is 18.3 Å². The Labute approximate surface area is 151 Å². The maximum atomic E-state index is 13.7. The summed E-state index contributed by atoms with van der Waals surface area (Å²) < 4.78 is 68.1. The summed E-state index contributed by atoms with van der Waals surface area (Å²) in [6, 6.07) is 1.78. The molecule has 0 bridgehead atoms. The number of aromatic nitrogens is 2. The first-order valence-electron chi connectivity index (χ1n) is 7.98. The largest absolute Gasteiger partial charge is 0.360 e. The number of hydrogen-bond donors (Lipinski definition) is 2. The lowest BCUT2D eigenvalue weighted by atomic mass is 10.1. The van der Waals surface area contributed by atoms with Crippen LogP contribution in [-0.4, -0.2) is 20.9 Å². The monoisotopic (exact) mass is 390 g/mol. The minimum atomic E-state index is -2.19. The van der Waals surface area contributed by atoms with Crippen LogP contribution in [0, 0.1) is 29.1 Å². The summed E-state index contributed by atoms with van der Waals surface area (Å²) in [4.78, 5) is 0. The van der Waals surface area contributed by atoms with E-state index >= 15 is 0 Å². The number of nitrogens with zero attached hydrogens (tertiary/aromatic N) is 2. The van der Waals surface area contributed by atoms with Crippen molar-refractivity contribution in [3.63, 3.8) is 0 Å². The number of halogens is 5. The van der Waals surface area contributed by atoms with E-state index in [0.29, 0.717) is 17.0 Å². The molecule has 1 aliphatic rings. The van der Waals surface area contributed by atoms with E-state index in [-0.39, 0.29) is 0 Å². The zero-order valence-corrected chi connectivity index (χ0v) is 14.3. The number of nitrogens with one attached hydrogen (secondary N) is 2. The molecule has 1 fully saturated rings. The van der Waals surface area contributed by atoms with E-state index in [4.69, 9.17) is 12.2 Å². The summed E-state index contributed by atoms with van der Waals surface area (Å²) in [6.07, 6.45) is 5.67. The lowest BCUT2D eigenvalue weighted by Gasteiger charge is -2.14.